The van der Waals surface area contributed by atoms with E-state index in [-0.39, 0.29) is 17.5 Å². The van der Waals surface area contributed by atoms with Crippen LogP contribution in [-0.2, 0) is 16.4 Å². The van der Waals surface area contributed by atoms with E-state index in [0.717, 1.165) is 5.56 Å². The van der Waals surface area contributed by atoms with Gasteiger partial charge in [0.15, 0.2) is 9.84 Å². The van der Waals surface area contributed by atoms with Gasteiger partial charge in [-0.25, -0.2) is 18.4 Å². The molecule has 1 saturated heterocycles. The van der Waals surface area contributed by atoms with Crippen LogP contribution in [0.2, 0.25) is 0 Å². The zero-order valence-corrected chi connectivity index (χ0v) is 13.7. The van der Waals surface area contributed by atoms with Crippen molar-refractivity contribution in [1.29, 1.82) is 0 Å². The minimum atomic E-state index is -2.91. The molecule has 1 aliphatic rings. The number of rotatable bonds is 5. The number of pyridine rings is 1. The van der Waals surface area contributed by atoms with E-state index < -0.39 is 9.84 Å². The van der Waals surface area contributed by atoms with Crippen LogP contribution in [-0.4, -0.2) is 40.9 Å². The first-order valence-electron chi connectivity index (χ1n) is 7.46. The van der Waals surface area contributed by atoms with Crippen molar-refractivity contribution in [3.63, 3.8) is 0 Å². The molecule has 0 saturated carbocycles. The van der Waals surface area contributed by atoms with Gasteiger partial charge in [0.25, 0.3) is 0 Å². The highest BCUT2D eigenvalue weighted by Gasteiger charge is 2.28. The van der Waals surface area contributed by atoms with Gasteiger partial charge in [0.05, 0.1) is 11.5 Å². The van der Waals surface area contributed by atoms with Crippen LogP contribution >= 0.6 is 0 Å². The van der Waals surface area contributed by atoms with Crippen molar-refractivity contribution in [3.05, 3.63) is 42.0 Å². The van der Waals surface area contributed by atoms with Gasteiger partial charge in [0, 0.05) is 31.0 Å². The van der Waals surface area contributed by atoms with Gasteiger partial charge < -0.3 is 10.6 Å². The summed E-state index contributed by atoms with van der Waals surface area (Å²) in [5.41, 5.74) is 1.10. The van der Waals surface area contributed by atoms with Crippen LogP contribution in [0, 0.1) is 6.92 Å². The monoisotopic (exact) mass is 333 g/mol. The molecule has 0 aromatic carbocycles. The van der Waals surface area contributed by atoms with Crippen molar-refractivity contribution >= 4 is 21.5 Å². The first-order valence-corrected chi connectivity index (χ1v) is 9.28. The van der Waals surface area contributed by atoms with Gasteiger partial charge in [-0.2, -0.15) is 0 Å². The Balaban J connectivity index is 1.67. The van der Waals surface area contributed by atoms with Gasteiger partial charge in [-0.15, -0.1) is 0 Å². The van der Waals surface area contributed by atoms with Crippen molar-refractivity contribution in [2.45, 2.75) is 25.9 Å². The first-order chi connectivity index (χ1) is 11.0. The SMILES string of the molecule is Cc1nc(NCc2ccncc2)cc(NC2CCS(=O)(=O)C2)n1. The lowest BCUT2D eigenvalue weighted by Gasteiger charge is -2.13. The normalized spacial score (nSPS) is 19.4. The van der Waals surface area contributed by atoms with Gasteiger partial charge in [0.1, 0.15) is 17.5 Å². The van der Waals surface area contributed by atoms with E-state index in [4.69, 9.17) is 0 Å². The molecule has 1 atom stereocenters. The Morgan fingerprint density at radius 2 is 1.96 bits per heavy atom. The van der Waals surface area contributed by atoms with Gasteiger partial charge >= 0.3 is 0 Å². The lowest BCUT2D eigenvalue weighted by atomic mass is 10.2. The molecule has 2 N–H and O–H groups in total. The second-order valence-corrected chi connectivity index (χ2v) is 7.87. The van der Waals surface area contributed by atoms with Gasteiger partial charge in [-0.05, 0) is 31.0 Å². The minimum absolute atomic E-state index is 0.0812. The second-order valence-electron chi connectivity index (χ2n) is 5.64. The summed E-state index contributed by atoms with van der Waals surface area (Å²) in [7, 11) is -2.91. The molecule has 2 aromatic heterocycles. The highest BCUT2D eigenvalue weighted by Crippen LogP contribution is 2.18. The summed E-state index contributed by atoms with van der Waals surface area (Å²) in [5.74, 6) is 2.39. The standard InChI is InChI=1S/C15H19N5O2S/c1-11-18-14(17-9-12-2-5-16-6-3-12)8-15(19-11)20-13-4-7-23(21,22)10-13/h2-3,5-6,8,13H,4,7,9-10H2,1H3,(H2,17,18,19,20). The van der Waals surface area contributed by atoms with E-state index in [9.17, 15) is 8.42 Å². The van der Waals surface area contributed by atoms with E-state index in [1.165, 1.54) is 0 Å². The average Bonchev–Trinajstić information content (AvgIpc) is 2.84. The lowest BCUT2D eigenvalue weighted by Crippen LogP contribution is -2.21. The van der Waals surface area contributed by atoms with Crippen LogP contribution in [0.3, 0.4) is 0 Å². The molecular formula is C15H19N5O2S. The molecular weight excluding hydrogens is 314 g/mol. The summed E-state index contributed by atoms with van der Waals surface area (Å²) in [6.45, 7) is 2.45. The van der Waals surface area contributed by atoms with Crippen molar-refractivity contribution in [2.75, 3.05) is 22.1 Å². The topological polar surface area (TPSA) is 96.9 Å². The van der Waals surface area contributed by atoms with E-state index in [1.807, 2.05) is 19.1 Å². The van der Waals surface area contributed by atoms with E-state index in [2.05, 4.69) is 25.6 Å². The molecule has 0 radical (unpaired) electrons. The molecule has 8 heteroatoms. The Morgan fingerprint density at radius 3 is 2.65 bits per heavy atom. The Labute approximate surface area is 135 Å². The summed E-state index contributed by atoms with van der Waals surface area (Å²) in [4.78, 5) is 12.7. The first kappa shape index (κ1) is 15.7. The van der Waals surface area contributed by atoms with E-state index >= 15 is 0 Å². The lowest BCUT2D eigenvalue weighted by molar-refractivity contribution is 0.602. The molecule has 3 rings (SSSR count). The predicted molar refractivity (Wildman–Crippen MR) is 89.0 cm³/mol. The fraction of sp³-hybridized carbons (Fsp3) is 0.400. The summed E-state index contributed by atoms with van der Waals surface area (Å²) in [5, 5.41) is 6.44. The largest absolute Gasteiger partial charge is 0.366 e. The Kier molecular flexibility index (Phi) is 4.42. The third-order valence-corrected chi connectivity index (χ3v) is 5.41. The summed E-state index contributed by atoms with van der Waals surface area (Å²) in [6, 6.07) is 5.59. The van der Waals surface area contributed by atoms with Crippen LogP contribution in [0.5, 0.6) is 0 Å². The van der Waals surface area contributed by atoms with Gasteiger partial charge in [-0.3, -0.25) is 4.98 Å². The highest BCUT2D eigenvalue weighted by molar-refractivity contribution is 7.91. The molecule has 0 amide bonds. The fourth-order valence-corrected chi connectivity index (χ4v) is 4.22. The minimum Gasteiger partial charge on any atom is -0.366 e. The molecule has 122 valence electrons. The van der Waals surface area contributed by atoms with Crippen molar-refractivity contribution in [3.8, 4) is 0 Å². The van der Waals surface area contributed by atoms with Crippen LogP contribution in [0.4, 0.5) is 11.6 Å². The molecule has 7 nitrogen and oxygen atoms in total. The number of sulfone groups is 1. The van der Waals surface area contributed by atoms with E-state index in [1.54, 1.807) is 18.5 Å². The van der Waals surface area contributed by atoms with Crippen LogP contribution in [0.25, 0.3) is 0 Å². The molecule has 0 spiro atoms. The zero-order chi connectivity index (χ0) is 16.3. The van der Waals surface area contributed by atoms with E-state index in [0.29, 0.717) is 30.4 Å². The summed E-state index contributed by atoms with van der Waals surface area (Å²) < 4.78 is 23.1. The molecule has 3 heterocycles. The van der Waals surface area contributed by atoms with Crippen LogP contribution in [0.1, 0.15) is 17.8 Å². The third-order valence-electron chi connectivity index (χ3n) is 3.65. The number of aryl methyl sites for hydroxylation is 1. The van der Waals surface area contributed by atoms with Gasteiger partial charge in [0.2, 0.25) is 0 Å². The maximum Gasteiger partial charge on any atom is 0.152 e. The average molecular weight is 333 g/mol. The highest BCUT2D eigenvalue weighted by atomic mass is 32.2. The van der Waals surface area contributed by atoms with Crippen LogP contribution < -0.4 is 10.6 Å². The Morgan fingerprint density at radius 1 is 1.22 bits per heavy atom. The van der Waals surface area contributed by atoms with Crippen LogP contribution in [0.15, 0.2) is 30.6 Å². The number of hydrogen-bond donors (Lipinski definition) is 2. The van der Waals surface area contributed by atoms with Crippen molar-refractivity contribution in [1.82, 2.24) is 15.0 Å². The molecule has 1 unspecified atom stereocenters. The predicted octanol–water partition coefficient (Wildman–Crippen LogP) is 1.39. The number of hydrogen-bond acceptors (Lipinski definition) is 7. The number of aromatic nitrogens is 3. The molecule has 2 aromatic rings. The Bertz CT molecular complexity index is 780. The molecule has 23 heavy (non-hydrogen) atoms. The molecule has 1 aliphatic heterocycles. The number of nitrogens with one attached hydrogen (secondary N) is 2. The van der Waals surface area contributed by atoms with Crippen molar-refractivity contribution in [2.24, 2.45) is 0 Å². The zero-order valence-electron chi connectivity index (χ0n) is 12.9. The smallest absolute Gasteiger partial charge is 0.152 e. The third kappa shape index (κ3) is 4.38. The maximum absolute atomic E-state index is 11.5. The van der Waals surface area contributed by atoms with Gasteiger partial charge in [-0.1, -0.05) is 0 Å². The maximum atomic E-state index is 11.5. The Hall–Kier alpha value is -2.22. The molecule has 0 bridgehead atoms. The second kappa shape index (κ2) is 6.49. The quantitative estimate of drug-likeness (QED) is 0.853. The molecule has 1 fully saturated rings. The summed E-state index contributed by atoms with van der Waals surface area (Å²) in [6.07, 6.45) is 4.11. The van der Waals surface area contributed by atoms with Crippen molar-refractivity contribution < 1.29 is 8.42 Å². The number of nitrogens with zero attached hydrogens (tertiary/aromatic N) is 3. The molecule has 0 aliphatic carbocycles. The summed E-state index contributed by atoms with van der Waals surface area (Å²) >= 11 is 0. The fourth-order valence-electron chi connectivity index (χ4n) is 2.54. The number of anilines is 2.